The van der Waals surface area contributed by atoms with Crippen LogP contribution in [0.1, 0.15) is 12.0 Å². The van der Waals surface area contributed by atoms with Crippen molar-refractivity contribution in [1.29, 1.82) is 5.26 Å². The van der Waals surface area contributed by atoms with Gasteiger partial charge in [0.05, 0.1) is 39.2 Å². The first kappa shape index (κ1) is 23.3. The van der Waals surface area contributed by atoms with Crippen LogP contribution in [0.15, 0.2) is 46.1 Å². The summed E-state index contributed by atoms with van der Waals surface area (Å²) in [6, 6.07) is 9.70. The van der Waals surface area contributed by atoms with Gasteiger partial charge in [-0.2, -0.15) is 5.26 Å². The number of likely N-dealkylation sites (N-methyl/N-ethyl adjacent to an activating group) is 1. The highest BCUT2D eigenvalue weighted by Gasteiger charge is 2.25. The van der Waals surface area contributed by atoms with Gasteiger partial charge < -0.3 is 15.5 Å². The molecule has 3 N–H and O–H groups in total. The SMILES string of the molecule is CNC1CCN(c2cc(C#N)ccc2Nc2cc(F)c(S(=O)(=O)Nc3cscn3)cc2Cl)C1. The maximum absolute atomic E-state index is 14.9. The smallest absolute Gasteiger partial charge is 0.266 e. The number of thiazole rings is 1. The third kappa shape index (κ3) is 5.04. The Hall–Kier alpha value is -2.91. The van der Waals surface area contributed by atoms with Crippen LogP contribution in [0.2, 0.25) is 5.02 Å². The molecule has 1 fully saturated rings. The Morgan fingerprint density at radius 1 is 1.30 bits per heavy atom. The molecule has 0 spiro atoms. The van der Waals surface area contributed by atoms with E-state index in [1.807, 2.05) is 7.05 Å². The minimum Gasteiger partial charge on any atom is -0.368 e. The number of anilines is 4. The molecule has 1 unspecified atom stereocenters. The summed E-state index contributed by atoms with van der Waals surface area (Å²) < 4.78 is 42.3. The summed E-state index contributed by atoms with van der Waals surface area (Å²) in [4.78, 5) is 5.40. The molecule has 1 aliphatic rings. The Morgan fingerprint density at radius 3 is 2.79 bits per heavy atom. The maximum atomic E-state index is 14.9. The lowest BCUT2D eigenvalue weighted by Crippen LogP contribution is -2.29. The van der Waals surface area contributed by atoms with Crippen molar-refractivity contribution in [1.82, 2.24) is 10.3 Å². The van der Waals surface area contributed by atoms with Crippen LogP contribution in [0, 0.1) is 17.1 Å². The number of nitrogens with zero attached hydrogens (tertiary/aromatic N) is 3. The molecule has 172 valence electrons. The Balaban J connectivity index is 1.65. The predicted octanol–water partition coefficient (Wildman–Crippen LogP) is 4.15. The molecular formula is C21H20ClFN6O2S2. The van der Waals surface area contributed by atoms with E-state index in [2.05, 4.69) is 31.3 Å². The van der Waals surface area contributed by atoms with Gasteiger partial charge in [-0.1, -0.05) is 11.6 Å². The monoisotopic (exact) mass is 506 g/mol. The lowest BCUT2D eigenvalue weighted by atomic mass is 10.1. The van der Waals surface area contributed by atoms with Crippen LogP contribution in [0.3, 0.4) is 0 Å². The van der Waals surface area contributed by atoms with Crippen molar-refractivity contribution in [2.24, 2.45) is 0 Å². The van der Waals surface area contributed by atoms with Crippen LogP contribution >= 0.6 is 22.9 Å². The van der Waals surface area contributed by atoms with Gasteiger partial charge in [-0.05, 0) is 37.7 Å². The van der Waals surface area contributed by atoms with E-state index < -0.39 is 20.7 Å². The number of hydrogen-bond acceptors (Lipinski definition) is 8. The van der Waals surface area contributed by atoms with E-state index >= 15 is 0 Å². The number of hydrogen-bond donors (Lipinski definition) is 3. The molecule has 1 atom stereocenters. The molecule has 0 saturated carbocycles. The lowest BCUT2D eigenvalue weighted by Gasteiger charge is -2.23. The van der Waals surface area contributed by atoms with Crippen LogP contribution in [0.5, 0.6) is 0 Å². The van der Waals surface area contributed by atoms with E-state index in [1.165, 1.54) is 22.2 Å². The van der Waals surface area contributed by atoms with Crippen molar-refractivity contribution in [2.45, 2.75) is 17.4 Å². The molecule has 2 heterocycles. The van der Waals surface area contributed by atoms with Gasteiger partial charge in [0.1, 0.15) is 10.7 Å². The van der Waals surface area contributed by atoms with Gasteiger partial charge in [-0.15, -0.1) is 11.3 Å². The number of nitriles is 1. The van der Waals surface area contributed by atoms with Gasteiger partial charge in [0.15, 0.2) is 5.82 Å². The third-order valence-electron chi connectivity index (χ3n) is 5.32. The quantitative estimate of drug-likeness (QED) is 0.441. The summed E-state index contributed by atoms with van der Waals surface area (Å²) in [6.07, 6.45) is 0.945. The second kappa shape index (κ2) is 9.52. The zero-order valence-corrected chi connectivity index (χ0v) is 19.9. The second-order valence-corrected chi connectivity index (χ2v) is 10.2. The molecule has 12 heteroatoms. The minimum atomic E-state index is -4.21. The minimum absolute atomic E-state index is 0.0277. The molecule has 33 heavy (non-hydrogen) atoms. The van der Waals surface area contributed by atoms with Gasteiger partial charge >= 0.3 is 0 Å². The number of halogens is 2. The van der Waals surface area contributed by atoms with E-state index in [9.17, 15) is 18.1 Å². The topological polar surface area (TPSA) is 110 Å². The summed E-state index contributed by atoms with van der Waals surface area (Å²) in [5.41, 5.74) is 3.57. The predicted molar refractivity (Wildman–Crippen MR) is 128 cm³/mol. The zero-order chi connectivity index (χ0) is 23.6. The highest BCUT2D eigenvalue weighted by Crippen LogP contribution is 2.36. The third-order valence-corrected chi connectivity index (χ3v) is 7.58. The molecule has 3 aromatic rings. The fraction of sp³-hybridized carbons (Fsp3) is 0.238. The van der Waals surface area contributed by atoms with E-state index in [4.69, 9.17) is 11.6 Å². The Kier molecular flexibility index (Phi) is 6.71. The van der Waals surface area contributed by atoms with Crippen molar-refractivity contribution in [2.75, 3.05) is 35.1 Å². The fourth-order valence-electron chi connectivity index (χ4n) is 3.61. The molecule has 0 bridgehead atoms. The van der Waals surface area contributed by atoms with Gasteiger partial charge in [0.25, 0.3) is 10.0 Å². The Bertz CT molecular complexity index is 1310. The highest BCUT2D eigenvalue weighted by molar-refractivity contribution is 7.92. The number of sulfonamides is 1. The largest absolute Gasteiger partial charge is 0.368 e. The van der Waals surface area contributed by atoms with Crippen molar-refractivity contribution >= 4 is 55.8 Å². The van der Waals surface area contributed by atoms with Gasteiger partial charge in [-0.3, -0.25) is 4.72 Å². The highest BCUT2D eigenvalue weighted by atomic mass is 35.5. The average molecular weight is 507 g/mol. The van der Waals surface area contributed by atoms with Gasteiger partial charge in [-0.25, -0.2) is 17.8 Å². The zero-order valence-electron chi connectivity index (χ0n) is 17.5. The van der Waals surface area contributed by atoms with Crippen LogP contribution < -0.4 is 20.3 Å². The number of benzene rings is 2. The van der Waals surface area contributed by atoms with Crippen LogP contribution in [-0.4, -0.2) is 39.6 Å². The van der Waals surface area contributed by atoms with Crippen LogP contribution in [0.4, 0.5) is 27.3 Å². The fourth-order valence-corrected chi connectivity index (χ4v) is 5.53. The van der Waals surface area contributed by atoms with Crippen LogP contribution in [-0.2, 0) is 10.0 Å². The summed E-state index contributed by atoms with van der Waals surface area (Å²) in [5, 5.41) is 17.2. The number of rotatable bonds is 7. The Labute approximate surface area is 200 Å². The molecule has 0 radical (unpaired) electrons. The molecule has 0 amide bonds. The first-order valence-corrected chi connectivity index (χ1v) is 12.7. The maximum Gasteiger partial charge on any atom is 0.266 e. The first-order chi connectivity index (χ1) is 15.8. The van der Waals surface area contributed by atoms with Crippen LogP contribution in [0.25, 0.3) is 0 Å². The molecule has 0 aliphatic carbocycles. The average Bonchev–Trinajstić information content (AvgIpc) is 3.48. The van der Waals surface area contributed by atoms with Crippen molar-refractivity contribution < 1.29 is 12.8 Å². The summed E-state index contributed by atoms with van der Waals surface area (Å²) in [6.45, 7) is 1.54. The molecule has 1 aliphatic heterocycles. The lowest BCUT2D eigenvalue weighted by molar-refractivity contribution is 0.570. The normalized spacial score (nSPS) is 15.9. The molecule has 1 saturated heterocycles. The van der Waals surface area contributed by atoms with Crippen molar-refractivity contribution in [3.8, 4) is 6.07 Å². The second-order valence-electron chi connectivity index (χ2n) is 7.43. The summed E-state index contributed by atoms with van der Waals surface area (Å²) >= 11 is 7.55. The van der Waals surface area contributed by atoms with E-state index in [0.717, 1.165) is 37.3 Å². The summed E-state index contributed by atoms with van der Waals surface area (Å²) in [5.74, 6) is -0.860. The molecule has 8 nitrogen and oxygen atoms in total. The molecule has 2 aromatic carbocycles. The van der Waals surface area contributed by atoms with E-state index in [1.54, 1.807) is 18.2 Å². The Morgan fingerprint density at radius 2 is 2.12 bits per heavy atom. The summed E-state index contributed by atoms with van der Waals surface area (Å²) in [7, 11) is -2.31. The number of nitrogens with one attached hydrogen (secondary N) is 3. The van der Waals surface area contributed by atoms with Crippen molar-refractivity contribution in [3.63, 3.8) is 0 Å². The number of aromatic nitrogens is 1. The standard InChI is InChI=1S/C21H20ClFN6O2S2/c1-25-14-4-5-29(10-14)19-6-13(9-24)2-3-17(19)27-18-8-16(23)20(7-15(18)22)33(30,31)28-21-11-32-12-26-21/h2-3,6-8,11-12,14,25,27-28H,4-5,10H2,1H3. The van der Waals surface area contributed by atoms with Crippen molar-refractivity contribution in [3.05, 3.63) is 57.6 Å². The molecule has 1 aromatic heterocycles. The van der Waals surface area contributed by atoms with Gasteiger partial charge in [0.2, 0.25) is 0 Å². The van der Waals surface area contributed by atoms with Gasteiger partial charge in [0, 0.05) is 30.6 Å². The van der Waals surface area contributed by atoms with E-state index in [0.29, 0.717) is 17.3 Å². The molecular weight excluding hydrogens is 487 g/mol. The van der Waals surface area contributed by atoms with E-state index in [-0.39, 0.29) is 16.5 Å². The molecule has 4 rings (SSSR count). The first-order valence-electron chi connectivity index (χ1n) is 9.94.